The fourth-order valence-corrected chi connectivity index (χ4v) is 6.38. The number of hydrogen-bond donors (Lipinski definition) is 1. The molecule has 1 unspecified atom stereocenters. The number of aryl methyl sites for hydroxylation is 2. The summed E-state index contributed by atoms with van der Waals surface area (Å²) < 4.78 is 27.4. The van der Waals surface area contributed by atoms with Crippen molar-refractivity contribution in [2.24, 2.45) is 5.92 Å². The molecule has 2 aliphatic rings. The van der Waals surface area contributed by atoms with E-state index in [2.05, 4.69) is 5.32 Å². The predicted octanol–water partition coefficient (Wildman–Crippen LogP) is 3.59. The Kier molecular flexibility index (Phi) is 7.38. The van der Waals surface area contributed by atoms with E-state index >= 15 is 0 Å². The number of amides is 2. The van der Waals surface area contributed by atoms with Crippen molar-refractivity contribution in [2.75, 3.05) is 25.0 Å². The molecule has 0 saturated carbocycles. The highest BCUT2D eigenvalue weighted by Crippen LogP contribution is 2.29. The van der Waals surface area contributed by atoms with E-state index < -0.39 is 16.1 Å². The highest BCUT2D eigenvalue weighted by Gasteiger charge is 2.39. The molecular formula is C26H33N3O4S. The molecule has 0 aromatic heterocycles. The number of likely N-dealkylation sites (tertiary alicyclic amines) is 1. The summed E-state index contributed by atoms with van der Waals surface area (Å²) in [6.07, 6.45) is 3.18. The molecule has 2 fully saturated rings. The summed E-state index contributed by atoms with van der Waals surface area (Å²) in [6.45, 7) is 5.14. The van der Waals surface area contributed by atoms with Crippen molar-refractivity contribution >= 4 is 27.5 Å². The van der Waals surface area contributed by atoms with Gasteiger partial charge >= 0.3 is 0 Å². The van der Waals surface area contributed by atoms with E-state index in [0.29, 0.717) is 38.9 Å². The maximum atomic E-state index is 13.3. The second kappa shape index (κ2) is 10.3. The highest BCUT2D eigenvalue weighted by molar-refractivity contribution is 7.89. The lowest BCUT2D eigenvalue weighted by molar-refractivity contribution is -0.141. The third kappa shape index (κ3) is 5.03. The number of piperidine rings is 1. The van der Waals surface area contributed by atoms with Crippen LogP contribution in [0.25, 0.3) is 0 Å². The summed E-state index contributed by atoms with van der Waals surface area (Å²) >= 11 is 0. The molecule has 2 aromatic carbocycles. The first-order valence-electron chi connectivity index (χ1n) is 12.1. The molecule has 2 aliphatic heterocycles. The second-order valence-electron chi connectivity index (χ2n) is 9.18. The van der Waals surface area contributed by atoms with Gasteiger partial charge < -0.3 is 10.2 Å². The van der Waals surface area contributed by atoms with Crippen molar-refractivity contribution in [1.82, 2.24) is 9.21 Å². The first-order chi connectivity index (χ1) is 16.3. The second-order valence-corrected chi connectivity index (χ2v) is 11.1. The van der Waals surface area contributed by atoms with Gasteiger partial charge in [-0.3, -0.25) is 9.59 Å². The van der Waals surface area contributed by atoms with Crippen LogP contribution in [-0.4, -0.2) is 55.1 Å². The van der Waals surface area contributed by atoms with Crippen LogP contribution in [0.2, 0.25) is 0 Å². The van der Waals surface area contributed by atoms with Crippen molar-refractivity contribution in [1.29, 1.82) is 0 Å². The number of nitrogens with zero attached hydrogens (tertiary/aromatic N) is 2. The lowest BCUT2D eigenvalue weighted by Gasteiger charge is -2.34. The van der Waals surface area contributed by atoms with E-state index in [1.165, 1.54) is 4.31 Å². The van der Waals surface area contributed by atoms with Gasteiger partial charge in [-0.15, -0.1) is 0 Å². The van der Waals surface area contributed by atoms with Crippen LogP contribution in [0.5, 0.6) is 0 Å². The van der Waals surface area contributed by atoms with E-state index in [0.717, 1.165) is 29.7 Å². The third-order valence-electron chi connectivity index (χ3n) is 6.96. The van der Waals surface area contributed by atoms with E-state index in [9.17, 15) is 18.0 Å². The Morgan fingerprint density at radius 1 is 0.971 bits per heavy atom. The van der Waals surface area contributed by atoms with Crippen molar-refractivity contribution < 1.29 is 18.0 Å². The molecule has 34 heavy (non-hydrogen) atoms. The summed E-state index contributed by atoms with van der Waals surface area (Å²) in [5, 5.41) is 3.02. The summed E-state index contributed by atoms with van der Waals surface area (Å²) in [7, 11) is -3.57. The lowest BCUT2D eigenvalue weighted by atomic mass is 9.96. The Morgan fingerprint density at radius 2 is 1.65 bits per heavy atom. The van der Waals surface area contributed by atoms with Crippen LogP contribution < -0.4 is 5.32 Å². The van der Waals surface area contributed by atoms with E-state index in [1.54, 1.807) is 29.2 Å². The van der Waals surface area contributed by atoms with Crippen LogP contribution in [0.1, 0.15) is 43.7 Å². The number of rotatable bonds is 6. The van der Waals surface area contributed by atoms with E-state index in [4.69, 9.17) is 0 Å². The molecule has 2 aromatic rings. The van der Waals surface area contributed by atoms with E-state index in [-0.39, 0.29) is 22.6 Å². The molecule has 2 amide bonds. The number of sulfonamides is 1. The molecule has 182 valence electrons. The number of benzene rings is 2. The average Bonchev–Trinajstić information content (AvgIpc) is 3.34. The summed E-state index contributed by atoms with van der Waals surface area (Å²) in [5.74, 6) is -0.444. The van der Waals surface area contributed by atoms with Gasteiger partial charge in [-0.2, -0.15) is 4.31 Å². The summed E-state index contributed by atoms with van der Waals surface area (Å²) in [6, 6.07) is 14.1. The summed E-state index contributed by atoms with van der Waals surface area (Å²) in [5.41, 5.74) is 2.86. The maximum Gasteiger partial charge on any atom is 0.247 e. The van der Waals surface area contributed by atoms with Crippen molar-refractivity contribution in [3.8, 4) is 0 Å². The van der Waals surface area contributed by atoms with Gasteiger partial charge in [0.2, 0.25) is 21.8 Å². The summed E-state index contributed by atoms with van der Waals surface area (Å²) in [4.78, 5) is 28.4. The van der Waals surface area contributed by atoms with Crippen LogP contribution in [-0.2, 0) is 26.0 Å². The standard InChI is InChI=1S/C26H33N3O4S/c1-3-20-7-4-5-8-23(20)27-25(30)24-9-6-16-29(24)26(31)21-14-17-28(18-15-21)34(32,33)22-12-10-19(2)11-13-22/h4-5,7-8,10-13,21,24H,3,6,9,14-18H2,1-2H3,(H,27,30). The molecule has 0 bridgehead atoms. The van der Waals surface area contributed by atoms with Crippen LogP contribution in [0, 0.1) is 12.8 Å². The molecule has 2 saturated heterocycles. The van der Waals surface area contributed by atoms with Gasteiger partial charge in [0.1, 0.15) is 6.04 Å². The Labute approximate surface area is 202 Å². The Morgan fingerprint density at radius 3 is 2.32 bits per heavy atom. The van der Waals surface area contributed by atoms with Gasteiger partial charge in [-0.05, 0) is 62.8 Å². The monoisotopic (exact) mass is 483 g/mol. The molecular weight excluding hydrogens is 450 g/mol. The molecule has 1 atom stereocenters. The van der Waals surface area contributed by atoms with Crippen LogP contribution in [0.3, 0.4) is 0 Å². The number of hydrogen-bond acceptors (Lipinski definition) is 4. The maximum absolute atomic E-state index is 13.3. The fourth-order valence-electron chi connectivity index (χ4n) is 4.91. The molecule has 2 heterocycles. The quantitative estimate of drug-likeness (QED) is 0.680. The smallest absolute Gasteiger partial charge is 0.247 e. The molecule has 0 spiro atoms. The average molecular weight is 484 g/mol. The highest BCUT2D eigenvalue weighted by atomic mass is 32.2. The van der Waals surface area contributed by atoms with Crippen LogP contribution in [0.4, 0.5) is 5.69 Å². The van der Waals surface area contributed by atoms with Gasteiger partial charge in [-0.25, -0.2) is 8.42 Å². The number of carbonyl (C=O) groups excluding carboxylic acids is 2. The Hall–Kier alpha value is -2.71. The van der Waals surface area contributed by atoms with Gasteiger partial charge in [0, 0.05) is 31.2 Å². The van der Waals surface area contributed by atoms with Crippen LogP contribution >= 0.6 is 0 Å². The van der Waals surface area contributed by atoms with Crippen molar-refractivity contribution in [3.05, 3.63) is 59.7 Å². The van der Waals surface area contributed by atoms with Gasteiger partial charge in [-0.1, -0.05) is 42.8 Å². The number of nitrogens with one attached hydrogen (secondary N) is 1. The Balaban J connectivity index is 1.38. The largest absolute Gasteiger partial charge is 0.330 e. The molecule has 4 rings (SSSR count). The SMILES string of the molecule is CCc1ccccc1NC(=O)C1CCCN1C(=O)C1CCN(S(=O)(=O)c2ccc(C)cc2)CC1. The van der Waals surface area contributed by atoms with Crippen molar-refractivity contribution in [3.63, 3.8) is 0 Å². The lowest BCUT2D eigenvalue weighted by Crippen LogP contribution is -2.48. The first kappa shape index (κ1) is 24.4. The van der Waals surface area contributed by atoms with Crippen LogP contribution in [0.15, 0.2) is 53.4 Å². The number of para-hydroxylation sites is 1. The number of anilines is 1. The first-order valence-corrected chi connectivity index (χ1v) is 13.5. The van der Waals surface area contributed by atoms with Gasteiger partial charge in [0.05, 0.1) is 4.90 Å². The normalized spacial score (nSPS) is 19.8. The van der Waals surface area contributed by atoms with Crippen molar-refractivity contribution in [2.45, 2.75) is 56.9 Å². The zero-order chi connectivity index (χ0) is 24.3. The molecule has 8 heteroatoms. The minimum Gasteiger partial charge on any atom is -0.330 e. The molecule has 0 radical (unpaired) electrons. The zero-order valence-corrected chi connectivity index (χ0v) is 20.7. The van der Waals surface area contributed by atoms with E-state index in [1.807, 2.05) is 38.1 Å². The molecule has 1 N–H and O–H groups in total. The zero-order valence-electron chi connectivity index (χ0n) is 19.9. The molecule has 0 aliphatic carbocycles. The van der Waals surface area contributed by atoms with Gasteiger partial charge in [0.25, 0.3) is 0 Å². The topological polar surface area (TPSA) is 86.8 Å². The number of carbonyl (C=O) groups is 2. The Bertz CT molecular complexity index is 1140. The minimum absolute atomic E-state index is 0.0335. The minimum atomic E-state index is -3.57. The predicted molar refractivity (Wildman–Crippen MR) is 132 cm³/mol. The fraction of sp³-hybridized carbons (Fsp3) is 0.462. The third-order valence-corrected chi connectivity index (χ3v) is 8.87. The van der Waals surface area contributed by atoms with Gasteiger partial charge in [0.15, 0.2) is 0 Å². The molecule has 7 nitrogen and oxygen atoms in total.